The van der Waals surface area contributed by atoms with E-state index in [2.05, 4.69) is 10.3 Å². The summed E-state index contributed by atoms with van der Waals surface area (Å²) in [5.74, 6) is 0.333. The standard InChI is InChI=1S/C14H13N3O3/c1-9-4-3-7-15-14(9)16-12-6-5-11(10(2)18)8-13(12)17(19)20/h3-8H,1-2H3,(H,15,16). The van der Waals surface area contributed by atoms with Crippen LogP contribution in [0.4, 0.5) is 17.2 Å². The molecule has 2 rings (SSSR count). The number of aromatic nitrogens is 1. The number of hydrogen-bond donors (Lipinski definition) is 1. The van der Waals surface area contributed by atoms with Crippen LogP contribution in [0.2, 0.25) is 0 Å². The van der Waals surface area contributed by atoms with E-state index < -0.39 is 4.92 Å². The average molecular weight is 271 g/mol. The first kappa shape index (κ1) is 13.7. The summed E-state index contributed by atoms with van der Waals surface area (Å²) in [6.07, 6.45) is 1.60. The van der Waals surface area contributed by atoms with Crippen molar-refractivity contribution < 1.29 is 9.72 Å². The van der Waals surface area contributed by atoms with Gasteiger partial charge in [-0.05, 0) is 37.6 Å². The van der Waals surface area contributed by atoms with Crippen LogP contribution in [0.25, 0.3) is 0 Å². The number of carbonyl (C=O) groups is 1. The summed E-state index contributed by atoms with van der Waals surface area (Å²) in [6, 6.07) is 7.97. The summed E-state index contributed by atoms with van der Waals surface area (Å²) >= 11 is 0. The second kappa shape index (κ2) is 5.48. The minimum absolute atomic E-state index is 0.150. The third-order valence-corrected chi connectivity index (χ3v) is 2.86. The predicted molar refractivity (Wildman–Crippen MR) is 75.4 cm³/mol. The van der Waals surface area contributed by atoms with Crippen LogP contribution in [0, 0.1) is 17.0 Å². The Bertz CT molecular complexity index is 683. The lowest BCUT2D eigenvalue weighted by molar-refractivity contribution is -0.383. The summed E-state index contributed by atoms with van der Waals surface area (Å²) in [7, 11) is 0. The molecule has 0 aliphatic heterocycles. The van der Waals surface area contributed by atoms with Gasteiger partial charge in [0.1, 0.15) is 11.5 Å². The van der Waals surface area contributed by atoms with Crippen molar-refractivity contribution in [3.63, 3.8) is 0 Å². The van der Waals surface area contributed by atoms with E-state index in [0.717, 1.165) is 5.56 Å². The molecule has 1 N–H and O–H groups in total. The molecule has 0 spiro atoms. The first-order chi connectivity index (χ1) is 9.49. The Morgan fingerprint density at radius 2 is 2.10 bits per heavy atom. The van der Waals surface area contributed by atoms with Crippen LogP contribution in [0.3, 0.4) is 0 Å². The molecule has 0 atom stereocenters. The summed E-state index contributed by atoms with van der Waals surface area (Å²) in [5, 5.41) is 14.0. The topological polar surface area (TPSA) is 85.1 Å². The second-order valence-electron chi connectivity index (χ2n) is 4.34. The van der Waals surface area contributed by atoms with Crippen molar-refractivity contribution in [2.45, 2.75) is 13.8 Å². The minimum atomic E-state index is -0.521. The van der Waals surface area contributed by atoms with Gasteiger partial charge in [0.25, 0.3) is 5.69 Å². The number of hydrogen-bond acceptors (Lipinski definition) is 5. The number of benzene rings is 1. The smallest absolute Gasteiger partial charge is 0.293 e. The van der Waals surface area contributed by atoms with E-state index in [1.807, 2.05) is 13.0 Å². The number of nitro benzene ring substituents is 1. The molecule has 0 unspecified atom stereocenters. The zero-order valence-electron chi connectivity index (χ0n) is 11.1. The molecule has 2 aromatic rings. The Balaban J connectivity index is 2.44. The molecular formula is C14H13N3O3. The van der Waals surface area contributed by atoms with Crippen molar-refractivity contribution in [3.8, 4) is 0 Å². The number of aryl methyl sites for hydroxylation is 1. The van der Waals surface area contributed by atoms with Gasteiger partial charge in [0.05, 0.1) is 4.92 Å². The number of nitrogens with one attached hydrogen (secondary N) is 1. The lowest BCUT2D eigenvalue weighted by Gasteiger charge is -2.09. The van der Waals surface area contributed by atoms with Gasteiger partial charge in [-0.25, -0.2) is 4.98 Å². The van der Waals surface area contributed by atoms with Crippen LogP contribution in [0.15, 0.2) is 36.5 Å². The van der Waals surface area contributed by atoms with Crippen molar-refractivity contribution in [2.24, 2.45) is 0 Å². The lowest BCUT2D eigenvalue weighted by Crippen LogP contribution is -2.02. The first-order valence-corrected chi connectivity index (χ1v) is 5.97. The van der Waals surface area contributed by atoms with Gasteiger partial charge in [-0.3, -0.25) is 14.9 Å². The fraction of sp³-hybridized carbons (Fsp3) is 0.143. The Labute approximate surface area is 115 Å². The zero-order chi connectivity index (χ0) is 14.7. The van der Waals surface area contributed by atoms with Crippen LogP contribution >= 0.6 is 0 Å². The molecular weight excluding hydrogens is 258 g/mol. The van der Waals surface area contributed by atoms with E-state index >= 15 is 0 Å². The second-order valence-corrected chi connectivity index (χ2v) is 4.34. The average Bonchev–Trinajstić information content (AvgIpc) is 2.41. The van der Waals surface area contributed by atoms with Crippen molar-refractivity contribution in [3.05, 3.63) is 57.8 Å². The summed E-state index contributed by atoms with van der Waals surface area (Å²) in [4.78, 5) is 26.0. The van der Waals surface area contributed by atoms with Crippen molar-refractivity contribution in [1.82, 2.24) is 4.98 Å². The summed E-state index contributed by atoms with van der Waals surface area (Å²) in [5.41, 5.74) is 1.34. The Morgan fingerprint density at radius 3 is 2.70 bits per heavy atom. The largest absolute Gasteiger partial charge is 0.334 e. The Morgan fingerprint density at radius 1 is 1.35 bits per heavy atom. The third kappa shape index (κ3) is 2.80. The molecule has 1 heterocycles. The van der Waals surface area contributed by atoms with E-state index in [1.165, 1.54) is 19.1 Å². The molecule has 0 fully saturated rings. The van der Waals surface area contributed by atoms with Crippen LogP contribution < -0.4 is 5.32 Å². The fourth-order valence-corrected chi connectivity index (χ4v) is 1.75. The molecule has 0 saturated carbocycles. The van der Waals surface area contributed by atoms with Gasteiger partial charge in [0, 0.05) is 17.8 Å². The number of pyridine rings is 1. The molecule has 0 bridgehead atoms. The monoisotopic (exact) mass is 271 g/mol. The van der Waals surface area contributed by atoms with E-state index in [9.17, 15) is 14.9 Å². The van der Waals surface area contributed by atoms with Gasteiger partial charge in [0.15, 0.2) is 5.78 Å². The number of Topliss-reactive ketones (excluding diaryl/α,β-unsaturated/α-hetero) is 1. The number of nitro groups is 1. The van der Waals surface area contributed by atoms with E-state index in [4.69, 9.17) is 0 Å². The number of anilines is 2. The van der Waals surface area contributed by atoms with Crippen LogP contribution in [0.1, 0.15) is 22.8 Å². The van der Waals surface area contributed by atoms with Gasteiger partial charge < -0.3 is 5.32 Å². The fourth-order valence-electron chi connectivity index (χ4n) is 1.75. The summed E-state index contributed by atoms with van der Waals surface area (Å²) in [6.45, 7) is 3.22. The van der Waals surface area contributed by atoms with Gasteiger partial charge in [-0.2, -0.15) is 0 Å². The number of carbonyl (C=O) groups excluding carboxylic acids is 1. The van der Waals surface area contributed by atoms with Gasteiger partial charge in [-0.1, -0.05) is 6.07 Å². The number of ketones is 1. The maximum absolute atomic E-state index is 11.3. The van der Waals surface area contributed by atoms with Crippen molar-refractivity contribution in [2.75, 3.05) is 5.32 Å². The van der Waals surface area contributed by atoms with Crippen molar-refractivity contribution >= 4 is 23.0 Å². The van der Waals surface area contributed by atoms with Crippen LogP contribution in [-0.2, 0) is 0 Å². The molecule has 0 aliphatic rings. The quantitative estimate of drug-likeness (QED) is 0.524. The molecule has 1 aromatic carbocycles. The molecule has 0 radical (unpaired) electrons. The maximum atomic E-state index is 11.3. The molecule has 1 aromatic heterocycles. The Hall–Kier alpha value is -2.76. The maximum Gasteiger partial charge on any atom is 0.293 e. The highest BCUT2D eigenvalue weighted by molar-refractivity contribution is 5.95. The van der Waals surface area contributed by atoms with E-state index in [-0.39, 0.29) is 11.5 Å². The van der Waals surface area contributed by atoms with Crippen LogP contribution in [0.5, 0.6) is 0 Å². The molecule has 20 heavy (non-hydrogen) atoms. The number of rotatable bonds is 4. The van der Waals surface area contributed by atoms with E-state index in [0.29, 0.717) is 17.1 Å². The summed E-state index contributed by atoms with van der Waals surface area (Å²) < 4.78 is 0. The molecule has 0 aliphatic carbocycles. The van der Waals surface area contributed by atoms with Gasteiger partial charge in [0.2, 0.25) is 0 Å². The zero-order valence-corrected chi connectivity index (χ0v) is 11.1. The van der Waals surface area contributed by atoms with Gasteiger partial charge in [-0.15, -0.1) is 0 Å². The predicted octanol–water partition coefficient (Wildman–Crippen LogP) is 3.24. The molecule has 102 valence electrons. The SMILES string of the molecule is CC(=O)c1ccc(Nc2ncccc2C)c([N+](=O)[O-])c1. The molecule has 0 amide bonds. The lowest BCUT2D eigenvalue weighted by atomic mass is 10.1. The minimum Gasteiger partial charge on any atom is -0.334 e. The first-order valence-electron chi connectivity index (χ1n) is 5.97. The number of nitrogens with zero attached hydrogens (tertiary/aromatic N) is 2. The molecule has 6 heteroatoms. The van der Waals surface area contributed by atoms with E-state index in [1.54, 1.807) is 18.3 Å². The Kier molecular flexibility index (Phi) is 3.74. The highest BCUT2D eigenvalue weighted by Crippen LogP contribution is 2.29. The van der Waals surface area contributed by atoms with Crippen LogP contribution in [-0.4, -0.2) is 15.7 Å². The van der Waals surface area contributed by atoms with Gasteiger partial charge >= 0.3 is 0 Å². The normalized spacial score (nSPS) is 10.1. The molecule has 0 saturated heterocycles. The highest BCUT2D eigenvalue weighted by Gasteiger charge is 2.17. The molecule has 6 nitrogen and oxygen atoms in total. The highest BCUT2D eigenvalue weighted by atomic mass is 16.6. The van der Waals surface area contributed by atoms with Crippen molar-refractivity contribution in [1.29, 1.82) is 0 Å². The third-order valence-electron chi connectivity index (χ3n) is 2.86.